The molecule has 0 aliphatic carbocycles. The van der Waals surface area contributed by atoms with Gasteiger partial charge in [0.05, 0.1) is 19.0 Å². The number of rotatable bonds is 2. The summed E-state index contributed by atoms with van der Waals surface area (Å²) in [5.41, 5.74) is 1.67. The number of hydrogen-bond acceptors (Lipinski definition) is 3. The van der Waals surface area contributed by atoms with Crippen molar-refractivity contribution in [2.75, 3.05) is 7.11 Å². The minimum atomic E-state index is 0.468. The average Bonchev–Trinajstić information content (AvgIpc) is 2.29. The molecule has 3 nitrogen and oxygen atoms in total. The van der Waals surface area contributed by atoms with Gasteiger partial charge in [-0.25, -0.2) is 4.98 Å². The first kappa shape index (κ1) is 9.93. The Hall–Kier alpha value is -1.61. The van der Waals surface area contributed by atoms with Crippen LogP contribution in [0.4, 0.5) is 0 Å². The van der Waals surface area contributed by atoms with Crippen molar-refractivity contribution in [1.82, 2.24) is 9.97 Å². The molecule has 0 spiro atoms. The third kappa shape index (κ3) is 2.25. The van der Waals surface area contributed by atoms with Crippen LogP contribution in [0.5, 0.6) is 5.75 Å². The van der Waals surface area contributed by atoms with E-state index in [1.165, 1.54) is 0 Å². The average molecular weight is 221 g/mol. The summed E-state index contributed by atoms with van der Waals surface area (Å²) in [5.74, 6) is 0.703. The first-order chi connectivity index (χ1) is 7.29. The van der Waals surface area contributed by atoms with Gasteiger partial charge in [-0.05, 0) is 18.2 Å². The number of hydrogen-bond donors (Lipinski definition) is 0. The Labute approximate surface area is 92.7 Å². The van der Waals surface area contributed by atoms with E-state index in [0.29, 0.717) is 10.9 Å². The molecule has 2 aromatic heterocycles. The second-order valence-electron chi connectivity index (χ2n) is 2.96. The standard InChI is InChI=1S/C11H9ClN2O/c1-15-9-5-8(6-13-7-9)10-3-2-4-11(12)14-10/h2-7H,1H3. The molecule has 0 bridgehead atoms. The van der Waals surface area contributed by atoms with Crippen LogP contribution < -0.4 is 4.74 Å². The maximum absolute atomic E-state index is 5.81. The monoisotopic (exact) mass is 220 g/mol. The van der Waals surface area contributed by atoms with E-state index < -0.39 is 0 Å². The third-order valence-electron chi connectivity index (χ3n) is 1.96. The van der Waals surface area contributed by atoms with E-state index in [0.717, 1.165) is 11.3 Å². The molecule has 0 fully saturated rings. The van der Waals surface area contributed by atoms with Crippen LogP contribution >= 0.6 is 11.6 Å². The van der Waals surface area contributed by atoms with Crippen molar-refractivity contribution in [3.8, 4) is 17.0 Å². The predicted octanol–water partition coefficient (Wildman–Crippen LogP) is 2.81. The van der Waals surface area contributed by atoms with E-state index in [1.54, 1.807) is 25.6 Å². The summed E-state index contributed by atoms with van der Waals surface area (Å²) in [6, 6.07) is 7.33. The van der Waals surface area contributed by atoms with Crippen LogP contribution in [-0.2, 0) is 0 Å². The molecular weight excluding hydrogens is 212 g/mol. The summed E-state index contributed by atoms with van der Waals surface area (Å²) in [7, 11) is 1.60. The Balaban J connectivity index is 2.44. The Kier molecular flexibility index (Phi) is 2.83. The zero-order valence-corrected chi connectivity index (χ0v) is 8.90. The highest BCUT2D eigenvalue weighted by atomic mass is 35.5. The maximum atomic E-state index is 5.81. The minimum absolute atomic E-state index is 0.468. The van der Waals surface area contributed by atoms with Crippen LogP contribution in [0.3, 0.4) is 0 Å². The highest BCUT2D eigenvalue weighted by Gasteiger charge is 2.01. The van der Waals surface area contributed by atoms with Crippen molar-refractivity contribution in [3.05, 3.63) is 41.8 Å². The van der Waals surface area contributed by atoms with Gasteiger partial charge in [0.2, 0.25) is 0 Å². The van der Waals surface area contributed by atoms with Gasteiger partial charge < -0.3 is 4.74 Å². The fraction of sp³-hybridized carbons (Fsp3) is 0.0909. The summed E-state index contributed by atoms with van der Waals surface area (Å²) in [6.45, 7) is 0. The summed E-state index contributed by atoms with van der Waals surface area (Å²) in [5, 5.41) is 0.468. The molecule has 0 radical (unpaired) electrons. The lowest BCUT2D eigenvalue weighted by Gasteiger charge is -2.03. The van der Waals surface area contributed by atoms with E-state index in [4.69, 9.17) is 16.3 Å². The van der Waals surface area contributed by atoms with Crippen molar-refractivity contribution in [1.29, 1.82) is 0 Å². The van der Waals surface area contributed by atoms with Crippen molar-refractivity contribution < 1.29 is 4.74 Å². The molecule has 0 unspecified atom stereocenters. The zero-order chi connectivity index (χ0) is 10.7. The molecule has 0 amide bonds. The summed E-state index contributed by atoms with van der Waals surface area (Å²) >= 11 is 5.81. The smallest absolute Gasteiger partial charge is 0.137 e. The Bertz CT molecular complexity index is 474. The molecule has 0 saturated carbocycles. The molecule has 2 heterocycles. The lowest BCUT2D eigenvalue weighted by molar-refractivity contribution is 0.413. The van der Waals surface area contributed by atoms with Gasteiger partial charge >= 0.3 is 0 Å². The highest BCUT2D eigenvalue weighted by molar-refractivity contribution is 6.29. The first-order valence-electron chi connectivity index (χ1n) is 4.41. The third-order valence-corrected chi connectivity index (χ3v) is 2.17. The summed E-state index contributed by atoms with van der Waals surface area (Å²) in [4.78, 5) is 8.24. The van der Waals surface area contributed by atoms with Crippen LogP contribution in [-0.4, -0.2) is 17.1 Å². The van der Waals surface area contributed by atoms with Gasteiger partial charge in [0.1, 0.15) is 10.9 Å². The van der Waals surface area contributed by atoms with Crippen LogP contribution in [0.25, 0.3) is 11.3 Å². The Morgan fingerprint density at radius 3 is 2.87 bits per heavy atom. The summed E-state index contributed by atoms with van der Waals surface area (Å²) in [6.07, 6.45) is 3.37. The largest absolute Gasteiger partial charge is 0.495 e. The lowest BCUT2D eigenvalue weighted by Crippen LogP contribution is -1.88. The van der Waals surface area contributed by atoms with Crippen molar-refractivity contribution in [3.63, 3.8) is 0 Å². The van der Waals surface area contributed by atoms with Crippen molar-refractivity contribution in [2.24, 2.45) is 0 Å². The Morgan fingerprint density at radius 1 is 1.27 bits per heavy atom. The molecule has 0 aromatic carbocycles. The number of aromatic nitrogens is 2. The van der Waals surface area contributed by atoms with E-state index in [9.17, 15) is 0 Å². The molecular formula is C11H9ClN2O. The number of halogens is 1. The van der Waals surface area contributed by atoms with Gasteiger partial charge in [-0.3, -0.25) is 4.98 Å². The summed E-state index contributed by atoms with van der Waals surface area (Å²) < 4.78 is 5.08. The van der Waals surface area contributed by atoms with Crippen LogP contribution in [0.2, 0.25) is 5.15 Å². The second kappa shape index (κ2) is 4.28. The zero-order valence-electron chi connectivity index (χ0n) is 8.14. The topological polar surface area (TPSA) is 35.0 Å². The lowest BCUT2D eigenvalue weighted by atomic mass is 10.2. The molecule has 76 valence electrons. The molecule has 15 heavy (non-hydrogen) atoms. The van der Waals surface area contributed by atoms with E-state index in [-0.39, 0.29) is 0 Å². The van der Waals surface area contributed by atoms with Crippen LogP contribution in [0.1, 0.15) is 0 Å². The minimum Gasteiger partial charge on any atom is -0.495 e. The molecule has 0 aliphatic heterocycles. The van der Waals surface area contributed by atoms with E-state index in [2.05, 4.69) is 9.97 Å². The number of nitrogens with zero attached hydrogens (tertiary/aromatic N) is 2. The van der Waals surface area contributed by atoms with Gasteiger partial charge in [-0.1, -0.05) is 17.7 Å². The fourth-order valence-electron chi connectivity index (χ4n) is 1.24. The van der Waals surface area contributed by atoms with Gasteiger partial charge in [-0.2, -0.15) is 0 Å². The molecule has 0 N–H and O–H groups in total. The van der Waals surface area contributed by atoms with Crippen LogP contribution in [0, 0.1) is 0 Å². The highest BCUT2D eigenvalue weighted by Crippen LogP contribution is 2.21. The van der Waals surface area contributed by atoms with Crippen LogP contribution in [0.15, 0.2) is 36.7 Å². The van der Waals surface area contributed by atoms with Crippen molar-refractivity contribution in [2.45, 2.75) is 0 Å². The maximum Gasteiger partial charge on any atom is 0.137 e. The number of ether oxygens (including phenoxy) is 1. The quantitative estimate of drug-likeness (QED) is 0.730. The molecule has 0 aliphatic rings. The van der Waals surface area contributed by atoms with Gasteiger partial charge in [0.15, 0.2) is 0 Å². The van der Waals surface area contributed by atoms with E-state index >= 15 is 0 Å². The van der Waals surface area contributed by atoms with Gasteiger partial charge in [0, 0.05) is 11.8 Å². The van der Waals surface area contributed by atoms with E-state index in [1.807, 2.05) is 18.2 Å². The molecule has 2 rings (SSSR count). The SMILES string of the molecule is COc1cncc(-c2cccc(Cl)n2)c1. The molecule has 2 aromatic rings. The number of methoxy groups -OCH3 is 1. The molecule has 0 saturated heterocycles. The van der Waals surface area contributed by atoms with Gasteiger partial charge in [-0.15, -0.1) is 0 Å². The number of pyridine rings is 2. The normalized spacial score (nSPS) is 10.0. The van der Waals surface area contributed by atoms with Crippen molar-refractivity contribution >= 4 is 11.6 Å². The Morgan fingerprint density at radius 2 is 2.13 bits per heavy atom. The fourth-order valence-corrected chi connectivity index (χ4v) is 1.40. The molecule has 0 atom stereocenters. The van der Waals surface area contributed by atoms with Gasteiger partial charge in [0.25, 0.3) is 0 Å². The second-order valence-corrected chi connectivity index (χ2v) is 3.35. The predicted molar refractivity (Wildman–Crippen MR) is 59.0 cm³/mol. The first-order valence-corrected chi connectivity index (χ1v) is 4.79. The molecule has 4 heteroatoms.